The van der Waals surface area contributed by atoms with Crippen molar-refractivity contribution in [2.45, 2.75) is 46.0 Å². The molecular formula is C17H25NO3. The molecular weight excluding hydrogens is 266 g/mol. The average Bonchev–Trinajstić information content (AvgIpc) is 2.45. The van der Waals surface area contributed by atoms with Gasteiger partial charge in [0.2, 0.25) is 5.91 Å². The van der Waals surface area contributed by atoms with Crippen LogP contribution in [0.4, 0.5) is 0 Å². The summed E-state index contributed by atoms with van der Waals surface area (Å²) in [6.45, 7) is 5.77. The first kappa shape index (κ1) is 17.2. The summed E-state index contributed by atoms with van der Waals surface area (Å²) in [7, 11) is 0. The van der Waals surface area contributed by atoms with Crippen LogP contribution in [-0.2, 0) is 9.59 Å². The van der Waals surface area contributed by atoms with Crippen molar-refractivity contribution in [2.75, 3.05) is 6.54 Å². The van der Waals surface area contributed by atoms with Crippen molar-refractivity contribution in [1.82, 2.24) is 5.32 Å². The lowest BCUT2D eigenvalue weighted by atomic mass is 9.89. The SMILES string of the molecule is CCCC(C(=O)NCCC(C)(C)C(=O)O)c1ccccc1. The number of benzene rings is 1. The highest BCUT2D eigenvalue weighted by atomic mass is 16.4. The number of hydrogen-bond donors (Lipinski definition) is 2. The molecule has 0 aromatic heterocycles. The van der Waals surface area contributed by atoms with Crippen LogP contribution < -0.4 is 5.32 Å². The molecule has 0 radical (unpaired) electrons. The van der Waals surface area contributed by atoms with Crippen LogP contribution in [0.25, 0.3) is 0 Å². The first-order valence-corrected chi connectivity index (χ1v) is 7.44. The summed E-state index contributed by atoms with van der Waals surface area (Å²) in [5, 5.41) is 11.9. The van der Waals surface area contributed by atoms with Crippen LogP contribution in [0.2, 0.25) is 0 Å². The molecule has 1 amide bonds. The van der Waals surface area contributed by atoms with E-state index in [4.69, 9.17) is 5.11 Å². The zero-order valence-corrected chi connectivity index (χ0v) is 13.1. The van der Waals surface area contributed by atoms with E-state index >= 15 is 0 Å². The summed E-state index contributed by atoms with van der Waals surface area (Å²) in [6.07, 6.45) is 2.13. The van der Waals surface area contributed by atoms with Crippen LogP contribution in [0.1, 0.15) is 51.5 Å². The van der Waals surface area contributed by atoms with Gasteiger partial charge in [-0.1, -0.05) is 43.7 Å². The van der Waals surface area contributed by atoms with Gasteiger partial charge in [0.1, 0.15) is 0 Å². The predicted molar refractivity (Wildman–Crippen MR) is 83.1 cm³/mol. The Morgan fingerprint density at radius 2 is 1.86 bits per heavy atom. The molecule has 116 valence electrons. The van der Waals surface area contributed by atoms with E-state index in [0.717, 1.165) is 18.4 Å². The second kappa shape index (κ2) is 7.81. The highest BCUT2D eigenvalue weighted by Crippen LogP contribution is 2.22. The molecule has 0 fully saturated rings. The van der Waals surface area contributed by atoms with Gasteiger partial charge in [0, 0.05) is 6.54 Å². The molecule has 0 bridgehead atoms. The third kappa shape index (κ3) is 5.21. The van der Waals surface area contributed by atoms with E-state index in [2.05, 4.69) is 12.2 Å². The molecule has 0 aliphatic heterocycles. The smallest absolute Gasteiger partial charge is 0.309 e. The molecule has 4 heteroatoms. The van der Waals surface area contributed by atoms with Gasteiger partial charge < -0.3 is 10.4 Å². The number of nitrogens with one attached hydrogen (secondary N) is 1. The average molecular weight is 291 g/mol. The Morgan fingerprint density at radius 3 is 2.38 bits per heavy atom. The number of hydrogen-bond acceptors (Lipinski definition) is 2. The number of carbonyl (C=O) groups excluding carboxylic acids is 1. The van der Waals surface area contributed by atoms with Gasteiger partial charge >= 0.3 is 5.97 Å². The summed E-state index contributed by atoms with van der Waals surface area (Å²) in [5.41, 5.74) is 0.189. The fraction of sp³-hybridized carbons (Fsp3) is 0.529. The molecule has 0 heterocycles. The maximum Gasteiger partial charge on any atom is 0.309 e. The minimum atomic E-state index is -0.843. The standard InChI is InChI=1S/C17H25NO3/c1-4-8-14(13-9-6-5-7-10-13)15(19)18-12-11-17(2,3)16(20)21/h5-7,9-10,14H,4,8,11-12H2,1-3H3,(H,18,19)(H,20,21). The number of amides is 1. The fourth-order valence-corrected chi connectivity index (χ4v) is 2.15. The first-order valence-electron chi connectivity index (χ1n) is 7.44. The normalized spacial score (nSPS) is 12.7. The van der Waals surface area contributed by atoms with E-state index in [-0.39, 0.29) is 11.8 Å². The maximum atomic E-state index is 12.3. The summed E-state index contributed by atoms with van der Waals surface area (Å²) < 4.78 is 0. The van der Waals surface area contributed by atoms with E-state index in [9.17, 15) is 9.59 Å². The van der Waals surface area contributed by atoms with Crippen molar-refractivity contribution in [3.63, 3.8) is 0 Å². The Morgan fingerprint density at radius 1 is 1.24 bits per heavy atom. The third-order valence-electron chi connectivity index (χ3n) is 3.72. The van der Waals surface area contributed by atoms with Gasteiger partial charge in [-0.25, -0.2) is 0 Å². The monoisotopic (exact) mass is 291 g/mol. The zero-order chi connectivity index (χ0) is 15.9. The molecule has 0 saturated heterocycles. The fourth-order valence-electron chi connectivity index (χ4n) is 2.15. The molecule has 1 unspecified atom stereocenters. The molecule has 0 spiro atoms. The lowest BCUT2D eigenvalue weighted by Gasteiger charge is -2.21. The van der Waals surface area contributed by atoms with Crippen LogP contribution in [0, 0.1) is 5.41 Å². The van der Waals surface area contributed by atoms with Crippen molar-refractivity contribution >= 4 is 11.9 Å². The lowest BCUT2D eigenvalue weighted by molar-refractivity contribution is -0.147. The molecule has 1 aromatic carbocycles. The Bertz CT molecular complexity index is 468. The quantitative estimate of drug-likeness (QED) is 0.773. The van der Waals surface area contributed by atoms with Gasteiger partial charge in [-0.15, -0.1) is 0 Å². The number of carbonyl (C=O) groups is 2. The van der Waals surface area contributed by atoms with E-state index < -0.39 is 11.4 Å². The summed E-state index contributed by atoms with van der Waals surface area (Å²) in [4.78, 5) is 23.4. The van der Waals surface area contributed by atoms with Crippen molar-refractivity contribution in [3.8, 4) is 0 Å². The molecule has 21 heavy (non-hydrogen) atoms. The Hall–Kier alpha value is -1.84. The molecule has 1 atom stereocenters. The molecule has 0 saturated carbocycles. The van der Waals surface area contributed by atoms with Gasteiger partial charge in [-0.2, -0.15) is 0 Å². The van der Waals surface area contributed by atoms with Crippen LogP contribution >= 0.6 is 0 Å². The zero-order valence-electron chi connectivity index (χ0n) is 13.1. The molecule has 0 aliphatic rings. The topological polar surface area (TPSA) is 66.4 Å². The second-order valence-corrected chi connectivity index (χ2v) is 5.98. The number of rotatable bonds is 8. The lowest BCUT2D eigenvalue weighted by Crippen LogP contribution is -2.34. The van der Waals surface area contributed by atoms with E-state index in [1.54, 1.807) is 13.8 Å². The maximum absolute atomic E-state index is 12.3. The predicted octanol–water partition coefficient (Wildman–Crippen LogP) is 3.19. The highest BCUT2D eigenvalue weighted by Gasteiger charge is 2.27. The third-order valence-corrected chi connectivity index (χ3v) is 3.72. The van der Waals surface area contributed by atoms with E-state index in [0.29, 0.717) is 13.0 Å². The first-order chi connectivity index (χ1) is 9.88. The number of carboxylic acid groups (broad SMARTS) is 1. The van der Waals surface area contributed by atoms with Crippen LogP contribution in [0.15, 0.2) is 30.3 Å². The summed E-state index contributed by atoms with van der Waals surface area (Å²) >= 11 is 0. The van der Waals surface area contributed by atoms with Gasteiger partial charge in [0.05, 0.1) is 11.3 Å². The molecule has 0 aliphatic carbocycles. The molecule has 1 rings (SSSR count). The minimum Gasteiger partial charge on any atom is -0.481 e. The van der Waals surface area contributed by atoms with Gasteiger partial charge in [0.25, 0.3) is 0 Å². The number of aliphatic carboxylic acids is 1. The second-order valence-electron chi connectivity index (χ2n) is 5.98. The summed E-state index contributed by atoms with van der Waals surface area (Å²) in [5.74, 6) is -1.03. The van der Waals surface area contributed by atoms with Crippen LogP contribution in [0.5, 0.6) is 0 Å². The Labute approximate surface area is 126 Å². The van der Waals surface area contributed by atoms with Crippen molar-refractivity contribution < 1.29 is 14.7 Å². The van der Waals surface area contributed by atoms with E-state index in [1.807, 2.05) is 30.3 Å². The number of carboxylic acids is 1. The Kier molecular flexibility index (Phi) is 6.40. The van der Waals surface area contributed by atoms with Gasteiger partial charge in [-0.05, 0) is 32.3 Å². The largest absolute Gasteiger partial charge is 0.481 e. The van der Waals surface area contributed by atoms with Crippen molar-refractivity contribution in [1.29, 1.82) is 0 Å². The van der Waals surface area contributed by atoms with Crippen molar-refractivity contribution in [2.24, 2.45) is 5.41 Å². The van der Waals surface area contributed by atoms with Crippen LogP contribution in [0.3, 0.4) is 0 Å². The molecule has 2 N–H and O–H groups in total. The van der Waals surface area contributed by atoms with Crippen molar-refractivity contribution in [3.05, 3.63) is 35.9 Å². The highest BCUT2D eigenvalue weighted by molar-refractivity contribution is 5.83. The van der Waals surface area contributed by atoms with E-state index in [1.165, 1.54) is 0 Å². The molecule has 1 aromatic rings. The summed E-state index contributed by atoms with van der Waals surface area (Å²) in [6, 6.07) is 9.71. The van der Waals surface area contributed by atoms with Gasteiger partial charge in [0.15, 0.2) is 0 Å². The Balaban J connectivity index is 2.61. The molecule has 4 nitrogen and oxygen atoms in total. The minimum absolute atomic E-state index is 0.0239. The van der Waals surface area contributed by atoms with Gasteiger partial charge in [-0.3, -0.25) is 9.59 Å². The van der Waals surface area contributed by atoms with Crippen LogP contribution in [-0.4, -0.2) is 23.5 Å².